The number of phenolic OH excluding ortho intramolecular Hbond substituents is 1. The summed E-state index contributed by atoms with van der Waals surface area (Å²) in [7, 11) is 0. The third-order valence-corrected chi connectivity index (χ3v) is 3.89. The SMILES string of the molecule is N#Cc1ccc(-n2cnc(CCCCc3ccccc3O)n2)cc1. The molecule has 3 rings (SSSR count). The van der Waals surface area contributed by atoms with E-state index in [1.165, 1.54) is 0 Å². The molecule has 0 saturated heterocycles. The molecule has 0 amide bonds. The normalized spacial score (nSPS) is 10.5. The van der Waals surface area contributed by atoms with Gasteiger partial charge in [-0.1, -0.05) is 18.2 Å². The molecule has 0 aliphatic heterocycles. The summed E-state index contributed by atoms with van der Waals surface area (Å²) in [6.07, 6.45) is 5.29. The summed E-state index contributed by atoms with van der Waals surface area (Å²) in [5.41, 5.74) is 2.50. The van der Waals surface area contributed by atoms with Gasteiger partial charge in [0.25, 0.3) is 0 Å². The number of benzene rings is 2. The molecule has 0 fully saturated rings. The van der Waals surface area contributed by atoms with Crippen molar-refractivity contribution in [3.8, 4) is 17.5 Å². The number of rotatable bonds is 6. The van der Waals surface area contributed by atoms with Gasteiger partial charge in [-0.2, -0.15) is 10.4 Å². The van der Waals surface area contributed by atoms with E-state index in [-0.39, 0.29) is 0 Å². The molecule has 0 radical (unpaired) electrons. The highest BCUT2D eigenvalue weighted by molar-refractivity contribution is 5.38. The van der Waals surface area contributed by atoms with E-state index in [1.807, 2.05) is 30.3 Å². The number of nitriles is 1. The topological polar surface area (TPSA) is 74.7 Å². The van der Waals surface area contributed by atoms with Crippen LogP contribution in [0, 0.1) is 11.3 Å². The molecule has 0 spiro atoms. The predicted molar refractivity (Wildman–Crippen MR) is 90.8 cm³/mol. The molecule has 3 aromatic rings. The Kier molecular flexibility index (Phi) is 4.87. The molecule has 5 nitrogen and oxygen atoms in total. The number of hydrogen-bond acceptors (Lipinski definition) is 4. The second-order valence-corrected chi connectivity index (χ2v) is 5.60. The average Bonchev–Trinajstić information content (AvgIpc) is 3.09. The lowest BCUT2D eigenvalue weighted by Crippen LogP contribution is -1.97. The minimum absolute atomic E-state index is 0.362. The molecule has 1 heterocycles. The highest BCUT2D eigenvalue weighted by Gasteiger charge is 2.04. The van der Waals surface area contributed by atoms with Crippen LogP contribution >= 0.6 is 0 Å². The highest BCUT2D eigenvalue weighted by atomic mass is 16.3. The lowest BCUT2D eigenvalue weighted by molar-refractivity contribution is 0.466. The Hall–Kier alpha value is -3.13. The van der Waals surface area contributed by atoms with Crippen LogP contribution in [0.5, 0.6) is 5.75 Å². The molecule has 0 aliphatic rings. The van der Waals surface area contributed by atoms with Crippen molar-refractivity contribution in [3.05, 3.63) is 71.8 Å². The van der Waals surface area contributed by atoms with Gasteiger partial charge in [0.1, 0.15) is 12.1 Å². The van der Waals surface area contributed by atoms with Crippen LogP contribution in [-0.2, 0) is 12.8 Å². The number of unbranched alkanes of at least 4 members (excludes halogenated alkanes) is 1. The molecule has 0 atom stereocenters. The molecule has 5 heteroatoms. The van der Waals surface area contributed by atoms with Crippen molar-refractivity contribution in [2.45, 2.75) is 25.7 Å². The highest BCUT2D eigenvalue weighted by Crippen LogP contribution is 2.18. The van der Waals surface area contributed by atoms with Gasteiger partial charge in [0.2, 0.25) is 0 Å². The van der Waals surface area contributed by atoms with Crippen molar-refractivity contribution in [1.29, 1.82) is 5.26 Å². The van der Waals surface area contributed by atoms with Crippen LogP contribution in [0.2, 0.25) is 0 Å². The van der Waals surface area contributed by atoms with Crippen LogP contribution < -0.4 is 0 Å². The number of aromatic hydroxyl groups is 1. The van der Waals surface area contributed by atoms with Gasteiger partial charge in [-0.25, -0.2) is 9.67 Å². The van der Waals surface area contributed by atoms with E-state index in [4.69, 9.17) is 5.26 Å². The molecular formula is C19H18N4O. The average molecular weight is 318 g/mol. The lowest BCUT2D eigenvalue weighted by Gasteiger charge is -2.03. The van der Waals surface area contributed by atoms with E-state index in [2.05, 4.69) is 16.2 Å². The first-order valence-corrected chi connectivity index (χ1v) is 7.94. The van der Waals surface area contributed by atoms with Gasteiger partial charge in [-0.3, -0.25) is 0 Å². The van der Waals surface area contributed by atoms with Crippen molar-refractivity contribution in [1.82, 2.24) is 14.8 Å². The predicted octanol–water partition coefficient (Wildman–Crippen LogP) is 3.41. The zero-order chi connectivity index (χ0) is 16.8. The monoisotopic (exact) mass is 318 g/mol. The lowest BCUT2D eigenvalue weighted by atomic mass is 10.1. The van der Waals surface area contributed by atoms with Gasteiger partial charge >= 0.3 is 0 Å². The largest absolute Gasteiger partial charge is 0.508 e. The molecule has 120 valence electrons. The second-order valence-electron chi connectivity index (χ2n) is 5.60. The van der Waals surface area contributed by atoms with Crippen LogP contribution in [-0.4, -0.2) is 19.9 Å². The first-order valence-electron chi connectivity index (χ1n) is 7.94. The molecule has 0 saturated carbocycles. The zero-order valence-electron chi connectivity index (χ0n) is 13.3. The zero-order valence-corrected chi connectivity index (χ0v) is 13.3. The molecule has 24 heavy (non-hydrogen) atoms. The number of aryl methyl sites for hydroxylation is 2. The van der Waals surface area contributed by atoms with Crippen molar-refractivity contribution >= 4 is 0 Å². The quantitative estimate of drug-likeness (QED) is 0.707. The maximum atomic E-state index is 9.75. The Morgan fingerprint density at radius 2 is 1.75 bits per heavy atom. The van der Waals surface area contributed by atoms with E-state index in [0.717, 1.165) is 42.8 Å². The van der Waals surface area contributed by atoms with Gasteiger partial charge < -0.3 is 5.11 Å². The molecule has 2 aromatic carbocycles. The fraction of sp³-hybridized carbons (Fsp3) is 0.211. The molecule has 1 N–H and O–H groups in total. The first kappa shape index (κ1) is 15.8. The Balaban J connectivity index is 1.53. The van der Waals surface area contributed by atoms with E-state index in [0.29, 0.717) is 11.3 Å². The van der Waals surface area contributed by atoms with Gasteiger partial charge in [-0.05, 0) is 55.2 Å². The van der Waals surface area contributed by atoms with Crippen LogP contribution in [0.15, 0.2) is 54.9 Å². The van der Waals surface area contributed by atoms with E-state index < -0.39 is 0 Å². The minimum Gasteiger partial charge on any atom is -0.508 e. The van der Waals surface area contributed by atoms with Gasteiger partial charge in [-0.15, -0.1) is 0 Å². The van der Waals surface area contributed by atoms with Crippen molar-refractivity contribution in [2.75, 3.05) is 0 Å². The Labute approximate surface area is 140 Å². The summed E-state index contributed by atoms with van der Waals surface area (Å²) >= 11 is 0. The summed E-state index contributed by atoms with van der Waals surface area (Å²) < 4.78 is 1.72. The Morgan fingerprint density at radius 3 is 2.50 bits per heavy atom. The summed E-state index contributed by atoms with van der Waals surface area (Å²) in [5.74, 6) is 1.16. The van der Waals surface area contributed by atoms with E-state index in [1.54, 1.807) is 29.2 Å². The maximum absolute atomic E-state index is 9.75. The fourth-order valence-electron chi connectivity index (χ4n) is 2.55. The Bertz CT molecular complexity index is 846. The number of aromatic nitrogens is 3. The summed E-state index contributed by atoms with van der Waals surface area (Å²) in [4.78, 5) is 4.33. The maximum Gasteiger partial charge on any atom is 0.151 e. The Morgan fingerprint density at radius 1 is 1.00 bits per heavy atom. The van der Waals surface area contributed by atoms with Crippen molar-refractivity contribution < 1.29 is 5.11 Å². The number of nitrogens with zero attached hydrogens (tertiary/aromatic N) is 4. The number of hydrogen-bond donors (Lipinski definition) is 1. The molecule has 0 bridgehead atoms. The molecule has 0 unspecified atom stereocenters. The van der Waals surface area contributed by atoms with Gasteiger partial charge in [0.05, 0.1) is 17.3 Å². The van der Waals surface area contributed by atoms with Gasteiger partial charge in [0, 0.05) is 6.42 Å². The summed E-state index contributed by atoms with van der Waals surface area (Å²) in [6.45, 7) is 0. The number of para-hydroxylation sites is 1. The van der Waals surface area contributed by atoms with Crippen molar-refractivity contribution in [2.24, 2.45) is 0 Å². The smallest absolute Gasteiger partial charge is 0.151 e. The van der Waals surface area contributed by atoms with Crippen LogP contribution in [0.25, 0.3) is 5.69 Å². The van der Waals surface area contributed by atoms with Gasteiger partial charge in [0.15, 0.2) is 5.82 Å². The van der Waals surface area contributed by atoms with Crippen LogP contribution in [0.3, 0.4) is 0 Å². The summed E-state index contributed by atoms with van der Waals surface area (Å²) in [6, 6.07) is 16.8. The van der Waals surface area contributed by atoms with Crippen molar-refractivity contribution in [3.63, 3.8) is 0 Å². The van der Waals surface area contributed by atoms with E-state index >= 15 is 0 Å². The third-order valence-electron chi connectivity index (χ3n) is 3.89. The number of phenols is 1. The third kappa shape index (κ3) is 3.79. The van der Waals surface area contributed by atoms with Crippen LogP contribution in [0.1, 0.15) is 29.8 Å². The molecular weight excluding hydrogens is 300 g/mol. The minimum atomic E-state index is 0.362. The standard InChI is InChI=1S/C19H18N4O/c20-13-15-9-11-17(12-10-15)23-14-21-19(22-23)8-4-2-6-16-5-1-3-7-18(16)24/h1,3,5,7,9-12,14,24H,2,4,6,8H2. The van der Waals surface area contributed by atoms with E-state index in [9.17, 15) is 5.11 Å². The fourth-order valence-corrected chi connectivity index (χ4v) is 2.55. The second kappa shape index (κ2) is 7.42. The summed E-state index contributed by atoms with van der Waals surface area (Å²) in [5, 5.41) is 23.0. The first-order chi connectivity index (χ1) is 11.8. The molecule has 1 aromatic heterocycles. The van der Waals surface area contributed by atoms with Crippen LogP contribution in [0.4, 0.5) is 0 Å². The molecule has 0 aliphatic carbocycles.